The third-order valence-corrected chi connectivity index (χ3v) is 3.60. The predicted octanol–water partition coefficient (Wildman–Crippen LogP) is 2.52. The van der Waals surface area contributed by atoms with Gasteiger partial charge in [-0.3, -0.25) is 0 Å². The second-order valence-corrected chi connectivity index (χ2v) is 4.64. The standard InChI is InChI=1S/C14H20O3/c1-9-10(2)13(16-3)5-4-12(9)14-8-11(15)6-7-17-14/h4-5,11,14-15H,6-8H2,1-3H3. The van der Waals surface area contributed by atoms with E-state index in [-0.39, 0.29) is 12.2 Å². The first-order valence-electron chi connectivity index (χ1n) is 6.07. The molecule has 1 saturated heterocycles. The molecule has 0 radical (unpaired) electrons. The smallest absolute Gasteiger partial charge is 0.122 e. The quantitative estimate of drug-likeness (QED) is 0.857. The highest BCUT2D eigenvalue weighted by molar-refractivity contribution is 5.44. The Hall–Kier alpha value is -1.06. The number of rotatable bonds is 2. The van der Waals surface area contributed by atoms with Crippen LogP contribution in [0.1, 0.15) is 35.6 Å². The summed E-state index contributed by atoms with van der Waals surface area (Å²) in [6.07, 6.45) is 1.20. The summed E-state index contributed by atoms with van der Waals surface area (Å²) in [7, 11) is 1.68. The van der Waals surface area contributed by atoms with Crippen LogP contribution in [0.5, 0.6) is 5.75 Å². The molecule has 1 aromatic carbocycles. The minimum atomic E-state index is -0.240. The minimum absolute atomic E-state index is 0.0170. The van der Waals surface area contributed by atoms with Crippen LogP contribution in [0.15, 0.2) is 12.1 Å². The summed E-state index contributed by atoms with van der Waals surface area (Å²) >= 11 is 0. The number of benzene rings is 1. The number of aliphatic hydroxyl groups excluding tert-OH is 1. The molecule has 1 aliphatic heterocycles. The zero-order chi connectivity index (χ0) is 12.4. The van der Waals surface area contributed by atoms with Crippen LogP contribution >= 0.6 is 0 Å². The maximum absolute atomic E-state index is 9.70. The lowest BCUT2D eigenvalue weighted by atomic mass is 9.93. The molecule has 2 unspecified atom stereocenters. The van der Waals surface area contributed by atoms with Gasteiger partial charge >= 0.3 is 0 Å². The Bertz CT molecular complexity index is 401. The fourth-order valence-electron chi connectivity index (χ4n) is 2.38. The number of methoxy groups -OCH3 is 1. The zero-order valence-electron chi connectivity index (χ0n) is 10.7. The summed E-state index contributed by atoms with van der Waals surface area (Å²) in [6, 6.07) is 4.02. The lowest BCUT2D eigenvalue weighted by molar-refractivity contribution is -0.0450. The largest absolute Gasteiger partial charge is 0.496 e. The van der Waals surface area contributed by atoms with E-state index in [1.807, 2.05) is 12.1 Å². The van der Waals surface area contributed by atoms with Crippen LogP contribution in [0.25, 0.3) is 0 Å². The molecule has 0 spiro atoms. The predicted molar refractivity (Wildman–Crippen MR) is 66.4 cm³/mol. The lowest BCUT2D eigenvalue weighted by Gasteiger charge is -2.28. The van der Waals surface area contributed by atoms with Crippen molar-refractivity contribution in [3.8, 4) is 5.75 Å². The third-order valence-electron chi connectivity index (χ3n) is 3.60. The summed E-state index contributed by atoms with van der Waals surface area (Å²) in [5.41, 5.74) is 3.51. The van der Waals surface area contributed by atoms with Crippen molar-refractivity contribution in [1.82, 2.24) is 0 Å². The van der Waals surface area contributed by atoms with E-state index in [1.54, 1.807) is 7.11 Å². The van der Waals surface area contributed by atoms with Crippen LogP contribution in [0.4, 0.5) is 0 Å². The van der Waals surface area contributed by atoms with E-state index in [2.05, 4.69) is 13.8 Å². The Morgan fingerprint density at radius 3 is 2.71 bits per heavy atom. The summed E-state index contributed by atoms with van der Waals surface area (Å²) in [5, 5.41) is 9.70. The first-order chi connectivity index (χ1) is 8.13. The van der Waals surface area contributed by atoms with Crippen LogP contribution in [0.2, 0.25) is 0 Å². The molecule has 2 atom stereocenters. The normalized spacial score (nSPS) is 24.7. The average molecular weight is 236 g/mol. The molecule has 0 bridgehead atoms. The van der Waals surface area contributed by atoms with Gasteiger partial charge in [0.15, 0.2) is 0 Å². The zero-order valence-corrected chi connectivity index (χ0v) is 10.7. The highest BCUT2D eigenvalue weighted by Crippen LogP contribution is 2.34. The molecular weight excluding hydrogens is 216 g/mol. The monoisotopic (exact) mass is 236 g/mol. The molecule has 3 nitrogen and oxygen atoms in total. The molecule has 1 heterocycles. The second-order valence-electron chi connectivity index (χ2n) is 4.64. The number of aliphatic hydroxyl groups is 1. The fraction of sp³-hybridized carbons (Fsp3) is 0.571. The van der Waals surface area contributed by atoms with Gasteiger partial charge in [-0.25, -0.2) is 0 Å². The van der Waals surface area contributed by atoms with Gasteiger partial charge in [-0.15, -0.1) is 0 Å². The number of hydrogen-bond acceptors (Lipinski definition) is 3. The Morgan fingerprint density at radius 1 is 1.29 bits per heavy atom. The Kier molecular flexibility index (Phi) is 3.69. The molecule has 0 aliphatic carbocycles. The van der Waals surface area contributed by atoms with Crippen molar-refractivity contribution in [2.45, 2.75) is 38.9 Å². The Morgan fingerprint density at radius 2 is 2.06 bits per heavy atom. The van der Waals surface area contributed by atoms with E-state index in [0.29, 0.717) is 13.0 Å². The van der Waals surface area contributed by atoms with Crippen LogP contribution in [-0.4, -0.2) is 24.9 Å². The van der Waals surface area contributed by atoms with Crippen LogP contribution < -0.4 is 4.74 Å². The van der Waals surface area contributed by atoms with Crippen molar-refractivity contribution < 1.29 is 14.6 Å². The van der Waals surface area contributed by atoms with Crippen molar-refractivity contribution in [3.05, 3.63) is 28.8 Å². The Balaban J connectivity index is 2.29. The maximum atomic E-state index is 9.70. The molecular formula is C14H20O3. The first-order valence-corrected chi connectivity index (χ1v) is 6.07. The van der Waals surface area contributed by atoms with Crippen molar-refractivity contribution in [2.24, 2.45) is 0 Å². The summed E-state index contributed by atoms with van der Waals surface area (Å²) < 4.78 is 11.0. The summed E-state index contributed by atoms with van der Waals surface area (Å²) in [4.78, 5) is 0. The van der Waals surface area contributed by atoms with E-state index in [0.717, 1.165) is 17.7 Å². The van der Waals surface area contributed by atoms with Crippen LogP contribution in [0, 0.1) is 13.8 Å². The molecule has 3 heteroatoms. The van der Waals surface area contributed by atoms with Gasteiger partial charge < -0.3 is 14.6 Å². The van der Waals surface area contributed by atoms with Gasteiger partial charge in [-0.1, -0.05) is 6.07 Å². The van der Waals surface area contributed by atoms with Gasteiger partial charge in [0, 0.05) is 13.0 Å². The van der Waals surface area contributed by atoms with E-state index >= 15 is 0 Å². The van der Waals surface area contributed by atoms with Gasteiger partial charge in [0.05, 0.1) is 19.3 Å². The summed E-state index contributed by atoms with van der Waals surface area (Å²) in [5.74, 6) is 0.905. The topological polar surface area (TPSA) is 38.7 Å². The van der Waals surface area contributed by atoms with E-state index < -0.39 is 0 Å². The molecule has 2 rings (SSSR count). The Labute approximate surface area is 102 Å². The van der Waals surface area contributed by atoms with E-state index in [1.165, 1.54) is 11.1 Å². The highest BCUT2D eigenvalue weighted by Gasteiger charge is 2.24. The van der Waals surface area contributed by atoms with Crippen molar-refractivity contribution in [2.75, 3.05) is 13.7 Å². The highest BCUT2D eigenvalue weighted by atomic mass is 16.5. The van der Waals surface area contributed by atoms with Crippen LogP contribution in [-0.2, 0) is 4.74 Å². The molecule has 0 aromatic heterocycles. The third kappa shape index (κ3) is 2.45. The van der Waals surface area contributed by atoms with Gasteiger partial charge in [0.1, 0.15) is 5.75 Å². The van der Waals surface area contributed by atoms with Gasteiger partial charge in [0.25, 0.3) is 0 Å². The van der Waals surface area contributed by atoms with Gasteiger partial charge in [0.2, 0.25) is 0 Å². The number of ether oxygens (including phenoxy) is 2. The van der Waals surface area contributed by atoms with Crippen molar-refractivity contribution in [3.63, 3.8) is 0 Å². The SMILES string of the molecule is COc1ccc(C2CC(O)CCO2)c(C)c1C. The van der Waals surface area contributed by atoms with Crippen molar-refractivity contribution >= 4 is 0 Å². The lowest BCUT2D eigenvalue weighted by Crippen LogP contribution is -2.24. The molecule has 0 amide bonds. The molecule has 17 heavy (non-hydrogen) atoms. The van der Waals surface area contributed by atoms with Gasteiger partial charge in [-0.05, 0) is 43.0 Å². The van der Waals surface area contributed by atoms with E-state index in [4.69, 9.17) is 9.47 Å². The summed E-state index contributed by atoms with van der Waals surface area (Å²) in [6.45, 7) is 4.77. The average Bonchev–Trinajstić information content (AvgIpc) is 2.32. The molecule has 1 N–H and O–H groups in total. The molecule has 1 aromatic rings. The van der Waals surface area contributed by atoms with Crippen LogP contribution in [0.3, 0.4) is 0 Å². The first kappa shape index (κ1) is 12.4. The van der Waals surface area contributed by atoms with Crippen molar-refractivity contribution in [1.29, 1.82) is 0 Å². The molecule has 94 valence electrons. The number of hydrogen-bond donors (Lipinski definition) is 1. The second kappa shape index (κ2) is 5.07. The molecule has 1 aliphatic rings. The molecule has 1 fully saturated rings. The fourth-order valence-corrected chi connectivity index (χ4v) is 2.38. The molecule has 0 saturated carbocycles. The minimum Gasteiger partial charge on any atom is -0.496 e. The maximum Gasteiger partial charge on any atom is 0.122 e. The van der Waals surface area contributed by atoms with Gasteiger partial charge in [-0.2, -0.15) is 0 Å². The van der Waals surface area contributed by atoms with E-state index in [9.17, 15) is 5.11 Å².